The summed E-state index contributed by atoms with van der Waals surface area (Å²) >= 11 is 16.3. The second kappa shape index (κ2) is 13.0. The third-order valence-corrected chi connectivity index (χ3v) is 4.35. The molecule has 140 valence electrons. The van der Waals surface area contributed by atoms with Crippen LogP contribution in [0.25, 0.3) is 0 Å². The number of halogens is 4. The molecule has 0 aliphatic carbocycles. The molecule has 0 radical (unpaired) electrons. The number of oxime groups is 1. The van der Waals surface area contributed by atoms with Gasteiger partial charge in [-0.05, 0) is 93.0 Å². The van der Waals surface area contributed by atoms with Gasteiger partial charge in [0.15, 0.2) is 5.75 Å². The van der Waals surface area contributed by atoms with Crippen LogP contribution >= 0.6 is 59.4 Å². The van der Waals surface area contributed by atoms with E-state index in [0.717, 1.165) is 32.8 Å². The van der Waals surface area contributed by atoms with Crippen LogP contribution in [0.5, 0.6) is 11.5 Å². The summed E-state index contributed by atoms with van der Waals surface area (Å²) in [4.78, 5) is 5.15. The van der Waals surface area contributed by atoms with Crippen LogP contribution < -0.4 is 9.47 Å². The lowest BCUT2D eigenvalue weighted by Crippen LogP contribution is -2.01. The van der Waals surface area contributed by atoms with E-state index in [0.29, 0.717) is 36.3 Å². The summed E-state index contributed by atoms with van der Waals surface area (Å²) in [5.74, 6) is 1.30. The molecule has 0 unspecified atom stereocenters. The molecule has 1 aromatic carbocycles. The van der Waals surface area contributed by atoms with Crippen molar-refractivity contribution in [1.82, 2.24) is 0 Å². The first kappa shape index (κ1) is 22.8. The molecule has 1 rings (SSSR count). The van der Waals surface area contributed by atoms with Crippen LogP contribution in [-0.2, 0) is 4.84 Å². The van der Waals surface area contributed by atoms with Crippen molar-refractivity contribution in [3.63, 3.8) is 0 Å². The van der Waals surface area contributed by atoms with Gasteiger partial charge in [0.2, 0.25) is 0 Å². The molecule has 0 spiro atoms. The molecule has 0 saturated carbocycles. The Hall–Kier alpha value is -0.240. The number of unbranched alkanes of at least 4 members (excludes halogenated alkanes) is 2. The van der Waals surface area contributed by atoms with E-state index in [1.54, 1.807) is 6.07 Å². The number of hydrogen-bond donors (Lipinski definition) is 0. The standard InChI is InChI=1S/C17H21Br3ClNO3/c1-12(2)22-25-8-5-3-4-7-24-17-14(18)10-13(11-15(17)21)23-9-6-16(19)20/h6,10-11H,3-5,7-9H2,1-2H3. The Bertz CT molecular complexity index is 578. The molecule has 4 nitrogen and oxygen atoms in total. The zero-order valence-corrected chi connectivity index (χ0v) is 19.7. The van der Waals surface area contributed by atoms with Gasteiger partial charge in [-0.25, -0.2) is 0 Å². The molecule has 0 saturated heterocycles. The van der Waals surface area contributed by atoms with Crippen molar-refractivity contribution in [2.24, 2.45) is 5.16 Å². The van der Waals surface area contributed by atoms with Gasteiger partial charge in [0.05, 0.1) is 25.2 Å². The molecule has 0 fully saturated rings. The largest absolute Gasteiger partial charge is 0.491 e. The molecule has 0 bridgehead atoms. The first-order valence-corrected chi connectivity index (χ1v) is 10.5. The maximum absolute atomic E-state index is 6.28. The first-order chi connectivity index (χ1) is 11.9. The van der Waals surface area contributed by atoms with E-state index < -0.39 is 0 Å². The average Bonchev–Trinajstić information content (AvgIpc) is 2.51. The van der Waals surface area contributed by atoms with Gasteiger partial charge in [0, 0.05) is 6.07 Å². The molecule has 0 aromatic heterocycles. The molecular weight excluding hydrogens is 541 g/mol. The van der Waals surface area contributed by atoms with Gasteiger partial charge in [-0.3, -0.25) is 0 Å². The van der Waals surface area contributed by atoms with Crippen molar-refractivity contribution in [1.29, 1.82) is 0 Å². The number of rotatable bonds is 11. The van der Waals surface area contributed by atoms with Crippen molar-refractivity contribution >= 4 is 65.1 Å². The maximum atomic E-state index is 6.28. The smallest absolute Gasteiger partial charge is 0.152 e. The average molecular weight is 563 g/mol. The summed E-state index contributed by atoms with van der Waals surface area (Å²) in [5.41, 5.74) is 0.922. The lowest BCUT2D eigenvalue weighted by atomic mass is 10.2. The van der Waals surface area contributed by atoms with Gasteiger partial charge >= 0.3 is 0 Å². The minimum Gasteiger partial charge on any atom is -0.491 e. The monoisotopic (exact) mass is 559 g/mol. The van der Waals surface area contributed by atoms with Gasteiger partial charge in [-0.1, -0.05) is 16.8 Å². The van der Waals surface area contributed by atoms with E-state index in [4.69, 9.17) is 25.9 Å². The second-order valence-electron chi connectivity index (χ2n) is 5.30. The number of benzene rings is 1. The molecular formula is C17H21Br3ClNO3. The Labute approximate surface area is 179 Å². The van der Waals surface area contributed by atoms with Crippen molar-refractivity contribution in [3.8, 4) is 11.5 Å². The highest BCUT2D eigenvalue weighted by Gasteiger charge is 2.10. The minimum absolute atomic E-state index is 0.429. The molecule has 0 atom stereocenters. The van der Waals surface area contributed by atoms with Gasteiger partial charge < -0.3 is 14.3 Å². The van der Waals surface area contributed by atoms with Crippen molar-refractivity contribution in [2.75, 3.05) is 19.8 Å². The fourth-order valence-electron chi connectivity index (χ4n) is 1.75. The first-order valence-electron chi connectivity index (χ1n) is 7.79. The molecule has 8 heteroatoms. The van der Waals surface area contributed by atoms with Crippen molar-refractivity contribution in [3.05, 3.63) is 31.1 Å². The molecule has 0 amide bonds. The summed E-state index contributed by atoms with van der Waals surface area (Å²) in [5, 5.41) is 4.41. The third kappa shape index (κ3) is 10.5. The highest BCUT2D eigenvalue weighted by Crippen LogP contribution is 2.37. The minimum atomic E-state index is 0.429. The number of hydrogen-bond acceptors (Lipinski definition) is 4. The molecule has 1 aromatic rings. The van der Waals surface area contributed by atoms with Crippen LogP contribution in [-0.4, -0.2) is 25.5 Å². The lowest BCUT2D eigenvalue weighted by molar-refractivity contribution is 0.138. The molecule has 0 aliphatic rings. The quantitative estimate of drug-likeness (QED) is 0.165. The van der Waals surface area contributed by atoms with E-state index in [2.05, 4.69) is 52.9 Å². The van der Waals surface area contributed by atoms with Gasteiger partial charge in [0.1, 0.15) is 19.0 Å². The Kier molecular flexibility index (Phi) is 11.9. The summed E-state index contributed by atoms with van der Waals surface area (Å²) in [7, 11) is 0. The normalized spacial score (nSPS) is 10.2. The summed E-state index contributed by atoms with van der Waals surface area (Å²) < 4.78 is 13.0. The Morgan fingerprint density at radius 3 is 2.48 bits per heavy atom. The zero-order chi connectivity index (χ0) is 18.7. The molecule has 0 heterocycles. The Morgan fingerprint density at radius 2 is 1.84 bits per heavy atom. The SMILES string of the molecule is CC(C)=NOCCCCCOc1c(Cl)cc(OCC=C(Br)Br)cc1Br. The molecule has 25 heavy (non-hydrogen) atoms. The predicted molar refractivity (Wildman–Crippen MR) is 115 cm³/mol. The Morgan fingerprint density at radius 1 is 1.12 bits per heavy atom. The van der Waals surface area contributed by atoms with Gasteiger partial charge in [-0.15, -0.1) is 0 Å². The van der Waals surface area contributed by atoms with Gasteiger partial charge in [0.25, 0.3) is 0 Å². The van der Waals surface area contributed by atoms with Crippen LogP contribution in [0.1, 0.15) is 33.1 Å². The number of ether oxygens (including phenoxy) is 2. The fourth-order valence-corrected chi connectivity index (χ4v) is 2.95. The van der Waals surface area contributed by atoms with Crippen molar-refractivity contribution < 1.29 is 14.3 Å². The molecule has 0 aliphatic heterocycles. The highest BCUT2D eigenvalue weighted by atomic mass is 79.9. The lowest BCUT2D eigenvalue weighted by Gasteiger charge is -2.12. The van der Waals surface area contributed by atoms with Crippen LogP contribution in [0.4, 0.5) is 0 Å². The third-order valence-electron chi connectivity index (χ3n) is 2.83. The van der Waals surface area contributed by atoms with Crippen LogP contribution in [0.3, 0.4) is 0 Å². The highest BCUT2D eigenvalue weighted by molar-refractivity contribution is 9.28. The summed E-state index contributed by atoms with van der Waals surface area (Å²) in [6.07, 6.45) is 4.72. The summed E-state index contributed by atoms with van der Waals surface area (Å²) in [6.45, 7) is 5.46. The van der Waals surface area contributed by atoms with Crippen LogP contribution in [0.2, 0.25) is 5.02 Å². The second-order valence-corrected chi connectivity index (χ2v) is 9.34. The molecule has 0 N–H and O–H groups in total. The zero-order valence-electron chi connectivity index (χ0n) is 14.2. The summed E-state index contributed by atoms with van der Waals surface area (Å²) in [6, 6.07) is 3.59. The Balaban J connectivity index is 2.36. The van der Waals surface area contributed by atoms with E-state index in [9.17, 15) is 0 Å². The van der Waals surface area contributed by atoms with E-state index in [-0.39, 0.29) is 0 Å². The van der Waals surface area contributed by atoms with Crippen LogP contribution in [0, 0.1) is 0 Å². The van der Waals surface area contributed by atoms with Crippen LogP contribution in [0.15, 0.2) is 31.2 Å². The van der Waals surface area contributed by atoms with Crippen molar-refractivity contribution in [2.45, 2.75) is 33.1 Å². The topological polar surface area (TPSA) is 40.0 Å². The fraction of sp³-hybridized carbons (Fsp3) is 0.471. The number of nitrogens with zero attached hydrogens (tertiary/aromatic N) is 1. The maximum Gasteiger partial charge on any atom is 0.152 e. The van der Waals surface area contributed by atoms with Gasteiger partial charge in [-0.2, -0.15) is 0 Å². The van der Waals surface area contributed by atoms with E-state index >= 15 is 0 Å². The predicted octanol–water partition coefficient (Wildman–Crippen LogP) is 7.07. The van der Waals surface area contributed by atoms with E-state index in [1.165, 1.54) is 0 Å². The van der Waals surface area contributed by atoms with E-state index in [1.807, 2.05) is 26.0 Å².